The van der Waals surface area contributed by atoms with Crippen LogP contribution in [0.1, 0.15) is 29.4 Å². The second-order valence-corrected chi connectivity index (χ2v) is 9.97. The minimum Gasteiger partial charge on any atom is -0.306 e. The molecular weight excluding hydrogens is 597 g/mol. The van der Waals surface area contributed by atoms with E-state index in [4.69, 9.17) is 5.26 Å². The largest absolute Gasteiger partial charge is 0.451 e. The molecule has 1 aromatic carbocycles. The van der Waals surface area contributed by atoms with Gasteiger partial charge in [-0.25, -0.2) is 14.4 Å². The average molecular weight is 615 g/mol. The van der Waals surface area contributed by atoms with Crippen molar-refractivity contribution >= 4 is 26.8 Å². The Morgan fingerprint density at radius 3 is 2.17 bits per heavy atom. The number of nitriles is 1. The number of halogens is 7. The summed E-state index contributed by atoms with van der Waals surface area (Å²) in [5, 5.41) is 11.6. The predicted octanol–water partition coefficient (Wildman–Crippen LogP) is 3.73. The maximum Gasteiger partial charge on any atom is 0.451 e. The molecule has 3 aromatic rings. The fourth-order valence-corrected chi connectivity index (χ4v) is 4.95. The lowest BCUT2D eigenvalue weighted by Gasteiger charge is -2.27. The van der Waals surface area contributed by atoms with E-state index >= 15 is 0 Å². The standard InChI is InChI=1S/C25H17F7N6O3S/c1-12-19(26)21(42(40)41)20(37-12)22(39)38(16-4-2-13(7-33)3-5-16)11-14-6-18(34-10-17(14)24(27,28)29)15-8-35-23(36-9-15)25(30,31)32/h2-6,8-10,12,19-20,37H,11H2,1H3/t12-,19+,20+/m0/s1. The van der Waals surface area contributed by atoms with Crippen molar-refractivity contribution < 1.29 is 43.9 Å². The van der Waals surface area contributed by atoms with E-state index in [9.17, 15) is 43.9 Å². The van der Waals surface area contributed by atoms with Gasteiger partial charge in [-0.3, -0.25) is 15.1 Å². The van der Waals surface area contributed by atoms with E-state index in [1.54, 1.807) is 0 Å². The maximum absolute atomic E-state index is 14.7. The lowest BCUT2D eigenvalue weighted by molar-refractivity contribution is -0.145. The molecule has 0 bridgehead atoms. The Hall–Kier alpha value is -4.43. The van der Waals surface area contributed by atoms with Crippen molar-refractivity contribution in [3.05, 3.63) is 71.4 Å². The number of alkyl halides is 7. The van der Waals surface area contributed by atoms with Crippen LogP contribution in [0.25, 0.3) is 11.3 Å². The molecule has 1 aliphatic rings. The van der Waals surface area contributed by atoms with E-state index in [1.165, 1.54) is 31.2 Å². The number of hydrogen-bond acceptors (Lipinski definition) is 8. The van der Waals surface area contributed by atoms with E-state index in [-0.39, 0.29) is 22.5 Å². The molecule has 0 saturated carbocycles. The highest BCUT2D eigenvalue weighted by atomic mass is 32.2. The van der Waals surface area contributed by atoms with Gasteiger partial charge >= 0.3 is 12.4 Å². The number of rotatable bonds is 5. The number of nitrogens with zero attached hydrogens (tertiary/aromatic N) is 5. The molecule has 1 aliphatic heterocycles. The van der Waals surface area contributed by atoms with Crippen LogP contribution in [-0.4, -0.2) is 52.4 Å². The van der Waals surface area contributed by atoms with Crippen LogP contribution in [-0.2, 0) is 34.0 Å². The highest BCUT2D eigenvalue weighted by molar-refractivity contribution is 7.73. The van der Waals surface area contributed by atoms with Gasteiger partial charge in [-0.15, -0.1) is 0 Å². The Morgan fingerprint density at radius 1 is 1.02 bits per heavy atom. The molecule has 4 rings (SSSR count). The first-order valence-corrected chi connectivity index (χ1v) is 12.8. The van der Waals surface area contributed by atoms with Crippen LogP contribution in [0.4, 0.5) is 36.4 Å². The molecule has 9 nitrogen and oxygen atoms in total. The fourth-order valence-electron chi connectivity index (χ4n) is 4.20. The van der Waals surface area contributed by atoms with Gasteiger partial charge in [0, 0.05) is 35.9 Å². The Morgan fingerprint density at radius 2 is 1.64 bits per heavy atom. The zero-order valence-electron chi connectivity index (χ0n) is 21.1. The molecule has 0 unspecified atom stereocenters. The summed E-state index contributed by atoms with van der Waals surface area (Å²) in [6.07, 6.45) is -10.1. The summed E-state index contributed by atoms with van der Waals surface area (Å²) in [7, 11) is -3.17. The SMILES string of the molecule is C[C@@H]1N[C@@H](C(=O)N(Cc2cc(-c3cnc(C(F)(F)F)nc3)ncc2C(F)(F)F)c2ccc(C#N)cc2)C(=S(=O)=O)[C@@H]1F. The lowest BCUT2D eigenvalue weighted by Crippen LogP contribution is -2.48. The summed E-state index contributed by atoms with van der Waals surface area (Å²) in [6.45, 7) is 0.415. The monoisotopic (exact) mass is 614 g/mol. The maximum atomic E-state index is 14.7. The molecule has 1 amide bonds. The third kappa shape index (κ3) is 6.24. The van der Waals surface area contributed by atoms with Crippen LogP contribution in [0.5, 0.6) is 0 Å². The molecule has 42 heavy (non-hydrogen) atoms. The van der Waals surface area contributed by atoms with Gasteiger partial charge in [0.1, 0.15) is 10.9 Å². The first kappa shape index (κ1) is 30.5. The third-order valence-corrected chi connectivity index (χ3v) is 7.11. The van der Waals surface area contributed by atoms with Crippen molar-refractivity contribution in [3.8, 4) is 17.3 Å². The van der Waals surface area contributed by atoms with E-state index in [2.05, 4.69) is 20.3 Å². The Kier molecular flexibility index (Phi) is 8.32. The second-order valence-electron chi connectivity index (χ2n) is 9.03. The summed E-state index contributed by atoms with van der Waals surface area (Å²) in [4.78, 5) is 23.6. The third-order valence-electron chi connectivity index (χ3n) is 6.26. The van der Waals surface area contributed by atoms with Gasteiger partial charge in [0.15, 0.2) is 6.17 Å². The lowest BCUT2D eigenvalue weighted by atomic mass is 10.0. The van der Waals surface area contributed by atoms with Gasteiger partial charge in [0.2, 0.25) is 22.0 Å². The van der Waals surface area contributed by atoms with Crippen LogP contribution in [0.3, 0.4) is 0 Å². The van der Waals surface area contributed by atoms with Gasteiger partial charge in [-0.05, 0) is 42.8 Å². The second kappa shape index (κ2) is 11.4. The molecule has 2 aromatic heterocycles. The first-order valence-electron chi connectivity index (χ1n) is 11.7. The van der Waals surface area contributed by atoms with Crippen LogP contribution in [0.2, 0.25) is 0 Å². The zero-order valence-corrected chi connectivity index (χ0v) is 21.9. The summed E-state index contributed by atoms with van der Waals surface area (Å²) in [5.74, 6) is -2.60. The molecule has 1 N–H and O–H groups in total. The molecular formula is C25H17F7N6O3S. The number of amides is 1. The van der Waals surface area contributed by atoms with Gasteiger partial charge in [0.05, 0.1) is 29.4 Å². The predicted molar refractivity (Wildman–Crippen MR) is 133 cm³/mol. The number of aromatic nitrogens is 3. The summed E-state index contributed by atoms with van der Waals surface area (Å²) in [6, 6.07) is 4.82. The van der Waals surface area contributed by atoms with Crippen molar-refractivity contribution in [1.29, 1.82) is 5.26 Å². The Bertz CT molecular complexity index is 1680. The minimum absolute atomic E-state index is 0.0591. The minimum atomic E-state index is -5.01. The van der Waals surface area contributed by atoms with Gasteiger partial charge < -0.3 is 4.90 Å². The smallest absolute Gasteiger partial charge is 0.306 e. The normalized spacial score (nSPS) is 18.9. The van der Waals surface area contributed by atoms with E-state index in [0.717, 1.165) is 23.4 Å². The number of hydrogen-bond donors (Lipinski definition) is 1. The topological polar surface area (TPSA) is 129 Å². The number of pyridine rings is 1. The van der Waals surface area contributed by atoms with Crippen molar-refractivity contribution in [2.75, 3.05) is 4.90 Å². The van der Waals surface area contributed by atoms with Crippen LogP contribution >= 0.6 is 0 Å². The molecule has 3 heterocycles. The molecule has 1 saturated heterocycles. The van der Waals surface area contributed by atoms with Crippen molar-refractivity contribution in [1.82, 2.24) is 20.3 Å². The van der Waals surface area contributed by atoms with Crippen molar-refractivity contribution in [2.45, 2.75) is 44.1 Å². The molecule has 0 spiro atoms. The van der Waals surface area contributed by atoms with Crippen LogP contribution < -0.4 is 10.2 Å². The first-order chi connectivity index (χ1) is 19.6. The Balaban J connectivity index is 1.84. The fraction of sp³-hybridized carbons (Fsp3) is 0.280. The average Bonchev–Trinajstić information content (AvgIpc) is 3.24. The zero-order chi connectivity index (χ0) is 31.0. The summed E-state index contributed by atoms with van der Waals surface area (Å²) >= 11 is 0. The summed E-state index contributed by atoms with van der Waals surface area (Å²) < 4.78 is 119. The molecule has 1 fully saturated rings. The summed E-state index contributed by atoms with van der Waals surface area (Å²) in [5.41, 5.74) is -2.24. The molecule has 0 aliphatic carbocycles. The number of benzene rings is 1. The van der Waals surface area contributed by atoms with Gasteiger partial charge in [0.25, 0.3) is 0 Å². The van der Waals surface area contributed by atoms with E-state index < -0.39 is 75.2 Å². The number of carbonyl (C=O) groups is 1. The Labute approximate surface area is 234 Å². The molecule has 220 valence electrons. The quantitative estimate of drug-likeness (QED) is 0.340. The van der Waals surface area contributed by atoms with E-state index in [1.807, 2.05) is 6.07 Å². The number of nitrogens with one attached hydrogen (secondary N) is 1. The molecule has 17 heteroatoms. The van der Waals surface area contributed by atoms with Crippen LogP contribution in [0.15, 0.2) is 48.9 Å². The van der Waals surface area contributed by atoms with Crippen molar-refractivity contribution in [2.24, 2.45) is 0 Å². The van der Waals surface area contributed by atoms with Gasteiger partial charge in [-0.2, -0.15) is 40.0 Å². The van der Waals surface area contributed by atoms with Crippen molar-refractivity contribution in [3.63, 3.8) is 0 Å². The number of carbonyl (C=O) groups excluding carboxylic acids is 1. The highest BCUT2D eigenvalue weighted by Gasteiger charge is 2.45. The van der Waals surface area contributed by atoms with E-state index in [0.29, 0.717) is 6.20 Å². The number of anilines is 1. The van der Waals surface area contributed by atoms with Gasteiger partial charge in [-0.1, -0.05) is 0 Å². The molecule has 3 atom stereocenters. The highest BCUT2D eigenvalue weighted by Crippen LogP contribution is 2.35. The van der Waals surface area contributed by atoms with Crippen LogP contribution in [0, 0.1) is 11.3 Å². The molecule has 0 radical (unpaired) electrons.